The maximum absolute atomic E-state index is 12.1. The van der Waals surface area contributed by atoms with Gasteiger partial charge in [0, 0.05) is 12.5 Å². The number of rotatable bonds is 10. The molecule has 0 spiro atoms. The first kappa shape index (κ1) is 18.8. The molecule has 6 heteroatoms. The molecule has 6 nitrogen and oxygen atoms in total. The van der Waals surface area contributed by atoms with Gasteiger partial charge in [-0.05, 0) is 39.3 Å². The van der Waals surface area contributed by atoms with Crippen LogP contribution >= 0.6 is 0 Å². The van der Waals surface area contributed by atoms with Crippen LogP contribution < -0.4 is 9.47 Å². The Hall–Kier alpha value is -2.24. The summed E-state index contributed by atoms with van der Waals surface area (Å²) in [4.78, 5) is 24.2. The Morgan fingerprint density at radius 2 is 1.78 bits per heavy atom. The molecule has 0 aliphatic heterocycles. The molecule has 128 valence electrons. The van der Waals surface area contributed by atoms with Crippen LogP contribution in [0.15, 0.2) is 24.3 Å². The number of benzene rings is 1. The van der Waals surface area contributed by atoms with Crippen LogP contribution in [0.2, 0.25) is 0 Å². The van der Waals surface area contributed by atoms with Crippen LogP contribution in [-0.4, -0.2) is 47.7 Å². The third kappa shape index (κ3) is 6.59. The molecule has 1 amide bonds. The van der Waals surface area contributed by atoms with Crippen molar-refractivity contribution in [2.75, 3.05) is 19.8 Å². The molecule has 1 aromatic rings. The van der Waals surface area contributed by atoms with Gasteiger partial charge in [0.1, 0.15) is 6.54 Å². The van der Waals surface area contributed by atoms with Crippen LogP contribution in [0, 0.1) is 0 Å². The van der Waals surface area contributed by atoms with Gasteiger partial charge in [-0.25, -0.2) is 0 Å². The standard InChI is InChI=1S/C17H25NO5/c1-4-22-14-8-5-6-9-15(14)23-11-7-10-16(19)18(13(2)3)12-17(20)21/h5-6,8-9,13H,4,7,10-12H2,1-3H3,(H,20,21). The number of carboxylic acids is 1. The zero-order chi connectivity index (χ0) is 17.2. The number of carbonyl (C=O) groups is 2. The van der Waals surface area contributed by atoms with Gasteiger partial charge in [0.2, 0.25) is 5.91 Å². The second-order valence-corrected chi connectivity index (χ2v) is 5.34. The average molecular weight is 323 g/mol. The first-order valence-electron chi connectivity index (χ1n) is 7.81. The van der Waals surface area contributed by atoms with Crippen molar-refractivity contribution in [2.45, 2.75) is 39.7 Å². The van der Waals surface area contributed by atoms with E-state index in [-0.39, 0.29) is 24.9 Å². The molecular weight excluding hydrogens is 298 g/mol. The van der Waals surface area contributed by atoms with Gasteiger partial charge in [0.05, 0.1) is 13.2 Å². The quantitative estimate of drug-likeness (QED) is 0.670. The Balaban J connectivity index is 2.44. The second kappa shape index (κ2) is 9.71. The van der Waals surface area contributed by atoms with Gasteiger partial charge in [0.15, 0.2) is 11.5 Å². The number of nitrogens with zero attached hydrogens (tertiary/aromatic N) is 1. The first-order valence-corrected chi connectivity index (χ1v) is 7.81. The van der Waals surface area contributed by atoms with Crippen molar-refractivity contribution in [3.8, 4) is 11.5 Å². The number of hydrogen-bond donors (Lipinski definition) is 1. The van der Waals surface area contributed by atoms with Gasteiger partial charge in [-0.1, -0.05) is 12.1 Å². The molecule has 0 saturated heterocycles. The van der Waals surface area contributed by atoms with E-state index in [2.05, 4.69) is 0 Å². The zero-order valence-corrected chi connectivity index (χ0v) is 13.9. The molecule has 0 aromatic heterocycles. The maximum Gasteiger partial charge on any atom is 0.323 e. The minimum atomic E-state index is -1.01. The molecule has 0 radical (unpaired) electrons. The van der Waals surface area contributed by atoms with E-state index in [1.807, 2.05) is 31.2 Å². The molecule has 0 atom stereocenters. The smallest absolute Gasteiger partial charge is 0.323 e. The van der Waals surface area contributed by atoms with E-state index in [4.69, 9.17) is 14.6 Å². The Morgan fingerprint density at radius 3 is 2.30 bits per heavy atom. The normalized spacial score (nSPS) is 10.4. The first-order chi connectivity index (χ1) is 11.0. The number of carbonyl (C=O) groups excluding carboxylic acids is 1. The molecule has 1 N–H and O–H groups in total. The van der Waals surface area contributed by atoms with E-state index < -0.39 is 5.97 Å². The van der Waals surface area contributed by atoms with Crippen LogP contribution in [0.3, 0.4) is 0 Å². The number of amides is 1. The summed E-state index contributed by atoms with van der Waals surface area (Å²) in [6.07, 6.45) is 0.768. The highest BCUT2D eigenvalue weighted by molar-refractivity contribution is 5.81. The minimum absolute atomic E-state index is 0.141. The molecule has 0 bridgehead atoms. The van der Waals surface area contributed by atoms with Crippen molar-refractivity contribution in [3.63, 3.8) is 0 Å². The van der Waals surface area contributed by atoms with Crippen molar-refractivity contribution in [3.05, 3.63) is 24.3 Å². The summed E-state index contributed by atoms with van der Waals surface area (Å²) < 4.78 is 11.1. The van der Waals surface area contributed by atoms with E-state index in [1.165, 1.54) is 4.90 Å². The molecule has 0 unspecified atom stereocenters. The summed E-state index contributed by atoms with van der Waals surface area (Å²) in [6.45, 7) is 6.15. The van der Waals surface area contributed by atoms with Crippen molar-refractivity contribution >= 4 is 11.9 Å². The van der Waals surface area contributed by atoms with E-state index in [0.29, 0.717) is 31.1 Å². The summed E-state index contributed by atoms with van der Waals surface area (Å²) in [5, 5.41) is 8.85. The highest BCUT2D eigenvalue weighted by Crippen LogP contribution is 2.26. The Labute approximate surface area is 137 Å². The summed E-state index contributed by atoms with van der Waals surface area (Å²) >= 11 is 0. The van der Waals surface area contributed by atoms with E-state index in [9.17, 15) is 9.59 Å². The van der Waals surface area contributed by atoms with E-state index >= 15 is 0 Å². The Bertz CT molecular complexity index is 515. The monoisotopic (exact) mass is 323 g/mol. The fourth-order valence-corrected chi connectivity index (χ4v) is 2.10. The molecule has 0 heterocycles. The summed E-state index contributed by atoms with van der Waals surface area (Å²) in [7, 11) is 0. The number of aliphatic carboxylic acids is 1. The van der Waals surface area contributed by atoms with Crippen molar-refractivity contribution in [2.24, 2.45) is 0 Å². The second-order valence-electron chi connectivity index (χ2n) is 5.34. The number of hydrogen-bond acceptors (Lipinski definition) is 4. The third-order valence-electron chi connectivity index (χ3n) is 3.19. The van der Waals surface area contributed by atoms with Gasteiger partial charge >= 0.3 is 5.97 Å². The predicted octanol–water partition coefficient (Wildman–Crippen LogP) is 2.57. The van der Waals surface area contributed by atoms with Crippen molar-refractivity contribution in [1.82, 2.24) is 4.90 Å². The summed E-state index contributed by atoms with van der Waals surface area (Å²) in [5.41, 5.74) is 0. The molecule has 0 aliphatic rings. The number of ether oxygens (including phenoxy) is 2. The topological polar surface area (TPSA) is 76.1 Å². The highest BCUT2D eigenvalue weighted by atomic mass is 16.5. The van der Waals surface area contributed by atoms with Crippen LogP contribution in [0.25, 0.3) is 0 Å². The molecule has 0 saturated carbocycles. The van der Waals surface area contributed by atoms with E-state index in [0.717, 1.165) is 0 Å². The number of carboxylic acid groups (broad SMARTS) is 1. The van der Waals surface area contributed by atoms with Crippen LogP contribution in [-0.2, 0) is 9.59 Å². The Kier molecular flexibility index (Phi) is 7.94. The average Bonchev–Trinajstić information content (AvgIpc) is 2.50. The fourth-order valence-electron chi connectivity index (χ4n) is 2.10. The van der Waals surface area contributed by atoms with Gasteiger partial charge in [0.25, 0.3) is 0 Å². The van der Waals surface area contributed by atoms with Gasteiger partial charge < -0.3 is 19.5 Å². The summed E-state index contributed by atoms with van der Waals surface area (Å²) in [6, 6.07) is 7.23. The van der Waals surface area contributed by atoms with Gasteiger partial charge in [-0.15, -0.1) is 0 Å². The largest absolute Gasteiger partial charge is 0.490 e. The minimum Gasteiger partial charge on any atom is -0.490 e. The predicted molar refractivity (Wildman–Crippen MR) is 86.8 cm³/mol. The fraction of sp³-hybridized carbons (Fsp3) is 0.529. The molecule has 1 aromatic carbocycles. The highest BCUT2D eigenvalue weighted by Gasteiger charge is 2.19. The van der Waals surface area contributed by atoms with Crippen molar-refractivity contribution < 1.29 is 24.2 Å². The maximum atomic E-state index is 12.1. The summed E-state index contributed by atoms with van der Waals surface area (Å²) in [5.74, 6) is 0.141. The molecule has 0 fully saturated rings. The van der Waals surface area contributed by atoms with Crippen LogP contribution in [0.1, 0.15) is 33.6 Å². The van der Waals surface area contributed by atoms with Crippen LogP contribution in [0.5, 0.6) is 11.5 Å². The number of para-hydroxylation sites is 2. The Morgan fingerprint density at radius 1 is 1.17 bits per heavy atom. The molecule has 1 rings (SSSR count). The lowest BCUT2D eigenvalue weighted by molar-refractivity contribution is -0.145. The third-order valence-corrected chi connectivity index (χ3v) is 3.19. The SMILES string of the molecule is CCOc1ccccc1OCCCC(=O)N(CC(=O)O)C(C)C. The molecule has 23 heavy (non-hydrogen) atoms. The van der Waals surface area contributed by atoms with Crippen molar-refractivity contribution in [1.29, 1.82) is 0 Å². The molecule has 0 aliphatic carbocycles. The lowest BCUT2D eigenvalue weighted by Gasteiger charge is -2.24. The van der Waals surface area contributed by atoms with E-state index in [1.54, 1.807) is 13.8 Å². The van der Waals surface area contributed by atoms with Gasteiger partial charge in [-0.2, -0.15) is 0 Å². The lowest BCUT2D eigenvalue weighted by Crippen LogP contribution is -2.40. The molecular formula is C17H25NO5. The van der Waals surface area contributed by atoms with Crippen LogP contribution in [0.4, 0.5) is 0 Å². The lowest BCUT2D eigenvalue weighted by atomic mass is 10.2. The zero-order valence-electron chi connectivity index (χ0n) is 13.9. The van der Waals surface area contributed by atoms with Gasteiger partial charge in [-0.3, -0.25) is 9.59 Å².